The highest BCUT2D eigenvalue weighted by Crippen LogP contribution is 2.67. The van der Waals surface area contributed by atoms with Crippen LogP contribution in [0.2, 0.25) is 0 Å². The summed E-state index contributed by atoms with van der Waals surface area (Å²) in [5.74, 6) is 5.34. The van der Waals surface area contributed by atoms with Gasteiger partial charge in [-0.25, -0.2) is 0 Å². The number of hydrogen-bond acceptors (Lipinski definition) is 2. The third-order valence-corrected chi connectivity index (χ3v) is 10.5. The van der Waals surface area contributed by atoms with Crippen molar-refractivity contribution in [1.82, 2.24) is 0 Å². The average molecular weight is 412 g/mol. The molecule has 2 heteroatoms. The lowest BCUT2D eigenvalue weighted by atomic mass is 9.47. The monoisotopic (exact) mass is 411 g/mol. The van der Waals surface area contributed by atoms with E-state index >= 15 is 0 Å². The molecular formula is C28H45NO. The molecule has 0 N–H and O–H groups in total. The van der Waals surface area contributed by atoms with E-state index in [0.29, 0.717) is 10.8 Å². The van der Waals surface area contributed by atoms with Gasteiger partial charge < -0.3 is 4.74 Å². The summed E-state index contributed by atoms with van der Waals surface area (Å²) in [6.07, 6.45) is 19.3. The van der Waals surface area contributed by atoms with Crippen molar-refractivity contribution in [3.63, 3.8) is 0 Å². The van der Waals surface area contributed by atoms with E-state index in [1.54, 1.807) is 5.57 Å². The Hall–Kier alpha value is -0.970. The molecule has 3 saturated carbocycles. The maximum Gasteiger partial charge on any atom is 0.286 e. The molecule has 0 aromatic heterocycles. The van der Waals surface area contributed by atoms with E-state index in [1.165, 1.54) is 57.8 Å². The first-order chi connectivity index (χ1) is 14.3. The van der Waals surface area contributed by atoms with Crippen molar-refractivity contribution in [2.24, 2.45) is 46.3 Å². The Kier molecular flexibility index (Phi) is 6.31. The van der Waals surface area contributed by atoms with Gasteiger partial charge in [0.15, 0.2) is 0 Å². The SMILES string of the molecule is CC(C)CCC[C@@H](C)[C@H]1CC[C@H]2[C@@H]3CC=C4C[C@@H](OC#N)CC[C@]4(C)[C@H]3CC[C@]12C. The lowest BCUT2D eigenvalue weighted by Crippen LogP contribution is -2.50. The number of ether oxygens (including phenoxy) is 1. The van der Waals surface area contributed by atoms with Crippen LogP contribution in [-0.4, -0.2) is 6.10 Å². The first-order valence-electron chi connectivity index (χ1n) is 13.0. The second-order valence-electron chi connectivity index (χ2n) is 12.4. The molecule has 0 aromatic carbocycles. The number of nitrogens with zero attached hydrogens (tertiary/aromatic N) is 1. The van der Waals surface area contributed by atoms with Gasteiger partial charge in [0.05, 0.1) is 0 Å². The molecule has 168 valence electrons. The number of fused-ring (bicyclic) bond motifs is 5. The van der Waals surface area contributed by atoms with Crippen LogP contribution in [0.15, 0.2) is 11.6 Å². The summed E-state index contributed by atoms with van der Waals surface area (Å²) in [5.41, 5.74) is 2.55. The molecule has 0 heterocycles. The van der Waals surface area contributed by atoms with Crippen LogP contribution in [0.3, 0.4) is 0 Å². The van der Waals surface area contributed by atoms with Gasteiger partial charge in [0.1, 0.15) is 6.10 Å². The highest BCUT2D eigenvalue weighted by atomic mass is 16.5. The van der Waals surface area contributed by atoms with Crippen LogP contribution < -0.4 is 0 Å². The van der Waals surface area contributed by atoms with Gasteiger partial charge in [-0.3, -0.25) is 0 Å². The molecule has 4 aliphatic rings. The Labute approximate surface area is 185 Å². The van der Waals surface area contributed by atoms with Crippen LogP contribution in [0, 0.1) is 57.9 Å². The van der Waals surface area contributed by atoms with Crippen LogP contribution in [0.5, 0.6) is 0 Å². The van der Waals surface area contributed by atoms with Gasteiger partial charge in [0.25, 0.3) is 6.26 Å². The van der Waals surface area contributed by atoms with Gasteiger partial charge in [0.2, 0.25) is 0 Å². The highest BCUT2D eigenvalue weighted by molar-refractivity contribution is 5.25. The van der Waals surface area contributed by atoms with E-state index < -0.39 is 0 Å². The molecule has 8 atom stereocenters. The van der Waals surface area contributed by atoms with Crippen molar-refractivity contribution in [2.45, 2.75) is 111 Å². The fraction of sp³-hybridized carbons (Fsp3) is 0.893. The van der Waals surface area contributed by atoms with Gasteiger partial charge in [-0.05, 0) is 91.3 Å². The van der Waals surface area contributed by atoms with E-state index in [9.17, 15) is 0 Å². The van der Waals surface area contributed by atoms with Crippen LogP contribution in [0.25, 0.3) is 0 Å². The minimum absolute atomic E-state index is 0.127. The summed E-state index contributed by atoms with van der Waals surface area (Å²) < 4.78 is 5.35. The zero-order valence-electron chi connectivity index (χ0n) is 20.3. The maximum absolute atomic E-state index is 8.96. The Morgan fingerprint density at radius 1 is 1.07 bits per heavy atom. The molecule has 2 nitrogen and oxygen atoms in total. The van der Waals surface area contributed by atoms with Gasteiger partial charge in [-0.15, -0.1) is 0 Å². The molecule has 0 saturated heterocycles. The van der Waals surface area contributed by atoms with Crippen LogP contribution in [0.1, 0.15) is 105 Å². The van der Waals surface area contributed by atoms with E-state index in [0.717, 1.165) is 48.3 Å². The largest absolute Gasteiger partial charge is 0.424 e. The molecule has 0 aromatic rings. The predicted molar refractivity (Wildman–Crippen MR) is 124 cm³/mol. The van der Waals surface area contributed by atoms with Crippen molar-refractivity contribution < 1.29 is 4.74 Å². The minimum atomic E-state index is 0.127. The van der Waals surface area contributed by atoms with E-state index in [-0.39, 0.29) is 6.10 Å². The van der Waals surface area contributed by atoms with Crippen LogP contribution in [-0.2, 0) is 4.74 Å². The van der Waals surface area contributed by atoms with Gasteiger partial charge in [0, 0.05) is 6.42 Å². The van der Waals surface area contributed by atoms with Crippen LogP contribution in [0.4, 0.5) is 0 Å². The number of hydrogen-bond donors (Lipinski definition) is 0. The fourth-order valence-electron chi connectivity index (χ4n) is 8.83. The summed E-state index contributed by atoms with van der Waals surface area (Å²) in [6.45, 7) is 12.5. The first kappa shape index (κ1) is 22.2. The lowest BCUT2D eigenvalue weighted by molar-refractivity contribution is -0.0574. The summed E-state index contributed by atoms with van der Waals surface area (Å²) in [7, 11) is 0. The normalized spacial score (nSPS) is 43.8. The van der Waals surface area contributed by atoms with Crippen molar-refractivity contribution >= 4 is 0 Å². The molecule has 0 spiro atoms. The standard InChI is InChI=1S/C28H45NO/c1-19(2)7-6-8-20(3)24-11-12-25-23-10-9-21-17-22(30-18-29)13-15-27(21,4)26(23)14-16-28(24,25)5/h9,19-20,22-26H,6-8,10-17H2,1-5H3/t20-,22+,23+,24-,25+,26+,27+,28-/m1/s1. The zero-order valence-corrected chi connectivity index (χ0v) is 20.3. The number of rotatable bonds is 6. The Morgan fingerprint density at radius 3 is 2.60 bits per heavy atom. The summed E-state index contributed by atoms with van der Waals surface area (Å²) >= 11 is 0. The molecule has 30 heavy (non-hydrogen) atoms. The van der Waals surface area contributed by atoms with Gasteiger partial charge >= 0.3 is 0 Å². The first-order valence-corrected chi connectivity index (χ1v) is 13.0. The Bertz CT molecular complexity index is 689. The van der Waals surface area contributed by atoms with Crippen molar-refractivity contribution in [3.8, 4) is 6.26 Å². The molecule has 4 aliphatic carbocycles. The maximum atomic E-state index is 8.96. The summed E-state index contributed by atoms with van der Waals surface area (Å²) in [5, 5.41) is 8.96. The van der Waals surface area contributed by atoms with E-state index in [1.807, 2.05) is 6.26 Å². The summed E-state index contributed by atoms with van der Waals surface area (Å²) in [4.78, 5) is 0. The van der Waals surface area contributed by atoms with Gasteiger partial charge in [-0.2, -0.15) is 5.26 Å². The Balaban J connectivity index is 1.48. The smallest absolute Gasteiger partial charge is 0.286 e. The fourth-order valence-corrected chi connectivity index (χ4v) is 8.83. The average Bonchev–Trinajstić information content (AvgIpc) is 3.05. The summed E-state index contributed by atoms with van der Waals surface area (Å²) in [6, 6.07) is 0. The molecule has 0 bridgehead atoms. The quantitative estimate of drug-likeness (QED) is 0.329. The second-order valence-corrected chi connectivity index (χ2v) is 12.4. The minimum Gasteiger partial charge on any atom is -0.424 e. The molecule has 0 radical (unpaired) electrons. The second kappa shape index (κ2) is 8.52. The number of allylic oxidation sites excluding steroid dienone is 1. The number of nitriles is 1. The zero-order chi connectivity index (χ0) is 21.5. The molecule has 0 unspecified atom stereocenters. The molecule has 3 fully saturated rings. The topological polar surface area (TPSA) is 33.0 Å². The molecular weight excluding hydrogens is 366 g/mol. The third kappa shape index (κ3) is 3.73. The van der Waals surface area contributed by atoms with E-state index in [2.05, 4.69) is 40.7 Å². The molecule has 0 aliphatic heterocycles. The van der Waals surface area contributed by atoms with Gasteiger partial charge in [-0.1, -0.05) is 65.5 Å². The predicted octanol–water partition coefficient (Wildman–Crippen LogP) is 7.89. The molecule has 0 amide bonds. The third-order valence-electron chi connectivity index (χ3n) is 10.5. The Morgan fingerprint density at radius 2 is 1.87 bits per heavy atom. The molecule has 4 rings (SSSR count). The highest BCUT2D eigenvalue weighted by Gasteiger charge is 2.59. The lowest BCUT2D eigenvalue weighted by Gasteiger charge is -2.58. The van der Waals surface area contributed by atoms with Crippen LogP contribution >= 0.6 is 0 Å². The van der Waals surface area contributed by atoms with Crippen molar-refractivity contribution in [2.75, 3.05) is 0 Å². The van der Waals surface area contributed by atoms with Crippen molar-refractivity contribution in [1.29, 1.82) is 5.26 Å². The van der Waals surface area contributed by atoms with Crippen molar-refractivity contribution in [3.05, 3.63) is 11.6 Å². The van der Waals surface area contributed by atoms with E-state index in [4.69, 9.17) is 10.00 Å².